The first kappa shape index (κ1) is 36.2. The van der Waals surface area contributed by atoms with Gasteiger partial charge in [0.25, 0.3) is 11.8 Å². The lowest BCUT2D eigenvalue weighted by Gasteiger charge is -2.50. The lowest BCUT2D eigenvalue weighted by Crippen LogP contribution is -2.53. The quantitative estimate of drug-likeness (QED) is 0.106. The van der Waals surface area contributed by atoms with Crippen LogP contribution >= 0.6 is 11.6 Å². The minimum Gasteiger partial charge on any atom is -0.504 e. The van der Waals surface area contributed by atoms with E-state index in [0.717, 1.165) is 16.4 Å². The first-order valence-electron chi connectivity index (χ1n) is 18.6. The zero-order chi connectivity index (χ0) is 39.6. The fraction of sp³-hybridized carbons (Fsp3) is 0.200. The van der Waals surface area contributed by atoms with E-state index in [9.17, 15) is 23.9 Å². The second kappa shape index (κ2) is 13.9. The van der Waals surface area contributed by atoms with Gasteiger partial charge in [0.15, 0.2) is 11.5 Å². The van der Waals surface area contributed by atoms with Gasteiger partial charge in [-0.3, -0.25) is 29.5 Å². The van der Waals surface area contributed by atoms with E-state index in [-0.39, 0.29) is 30.2 Å². The van der Waals surface area contributed by atoms with Gasteiger partial charge in [-0.05, 0) is 103 Å². The van der Waals surface area contributed by atoms with Crippen molar-refractivity contribution in [3.63, 3.8) is 0 Å². The van der Waals surface area contributed by atoms with Crippen molar-refractivity contribution >= 4 is 58.0 Å². The zero-order valence-corrected chi connectivity index (χ0v) is 31.3. The van der Waals surface area contributed by atoms with Gasteiger partial charge in [0, 0.05) is 27.9 Å². The Balaban J connectivity index is 1.17. The third-order valence-electron chi connectivity index (χ3n) is 12.0. The first-order valence-corrected chi connectivity index (χ1v) is 19.0. The number of ether oxygens (including phenoxy) is 1. The molecular weight excluding hydrogens is 747 g/mol. The van der Waals surface area contributed by atoms with Crippen LogP contribution in [0.25, 0.3) is 0 Å². The number of imide groups is 2. The number of phenolic OH excluding ortho intramolecular Hbond substituents is 1. The summed E-state index contributed by atoms with van der Waals surface area (Å²) in [5.74, 6) is -6.73. The molecule has 0 unspecified atom stereocenters. The number of carbonyl (C=O) groups is 4. The summed E-state index contributed by atoms with van der Waals surface area (Å²) in [6.45, 7) is 0. The molecule has 2 aliphatic carbocycles. The summed E-state index contributed by atoms with van der Waals surface area (Å²) in [5.41, 5.74) is 5.14. The number of amides is 4. The Morgan fingerprint density at radius 1 is 0.772 bits per heavy atom. The van der Waals surface area contributed by atoms with Crippen molar-refractivity contribution in [2.75, 3.05) is 22.8 Å². The summed E-state index contributed by atoms with van der Waals surface area (Å²) in [6, 6.07) is 33.7. The van der Waals surface area contributed by atoms with Gasteiger partial charge < -0.3 is 15.2 Å². The molecule has 2 heterocycles. The number of hydrogen-bond donors (Lipinski definition) is 3. The number of hydrogen-bond acceptors (Lipinski definition) is 8. The summed E-state index contributed by atoms with van der Waals surface area (Å²) in [5, 5.41) is 16.5. The van der Waals surface area contributed by atoms with Gasteiger partial charge in [0.2, 0.25) is 11.8 Å². The molecule has 0 spiro atoms. The van der Waals surface area contributed by atoms with Crippen LogP contribution in [-0.4, -0.2) is 40.9 Å². The number of fused-ring (bicyclic) bond motifs is 4. The lowest BCUT2D eigenvalue weighted by molar-refractivity contribution is -0.138. The molecule has 10 nitrogen and oxygen atoms in total. The number of anilines is 4. The number of phenols is 1. The Labute approximate surface area is 332 Å². The predicted octanol–water partition coefficient (Wildman–Crippen LogP) is 8.13. The number of allylic oxidation sites excluding steroid dienone is 2. The van der Waals surface area contributed by atoms with Crippen LogP contribution in [0.5, 0.6) is 11.5 Å². The molecule has 6 atom stereocenters. The van der Waals surface area contributed by atoms with Gasteiger partial charge in [0.1, 0.15) is 5.82 Å². The monoisotopic (exact) mass is 782 g/mol. The third kappa shape index (κ3) is 5.67. The maximum absolute atomic E-state index is 15.3. The van der Waals surface area contributed by atoms with Crippen molar-refractivity contribution in [2.45, 2.75) is 24.2 Å². The van der Waals surface area contributed by atoms with Crippen LogP contribution in [-0.2, 0) is 24.6 Å². The minimum absolute atomic E-state index is 0.0514. The van der Waals surface area contributed by atoms with E-state index in [2.05, 4.69) is 10.7 Å². The fourth-order valence-corrected chi connectivity index (χ4v) is 9.70. The number of benzene rings is 5. The third-order valence-corrected chi connectivity index (χ3v) is 12.3. The second-order valence-electron chi connectivity index (χ2n) is 14.8. The van der Waals surface area contributed by atoms with Crippen molar-refractivity contribution in [1.82, 2.24) is 5.01 Å². The van der Waals surface area contributed by atoms with Crippen LogP contribution in [0.15, 0.2) is 133 Å². The summed E-state index contributed by atoms with van der Waals surface area (Å²) in [6.07, 6.45) is 2.17. The summed E-state index contributed by atoms with van der Waals surface area (Å²) >= 11 is 6.38. The van der Waals surface area contributed by atoms with Gasteiger partial charge in [-0.15, -0.1) is 0 Å². The van der Waals surface area contributed by atoms with Crippen LogP contribution in [0.3, 0.4) is 0 Å². The summed E-state index contributed by atoms with van der Waals surface area (Å²) < 4.78 is 19.5. The molecule has 2 saturated heterocycles. The molecule has 1 saturated carbocycles. The molecule has 57 heavy (non-hydrogen) atoms. The Hall–Kier alpha value is -6.46. The SMILES string of the molecule is COc1cccc([C@H]2C3=CC[C@@H]4C(=O)N(c5ccc(Nc6ccccc6)cc5)C(=O)[C@@H]4[C@@H]3C[C@H]3C(=O)N(Nc4ccc(F)cc4)C(=O)[C@@]23c2ccc(Cl)cc2)c1O. The van der Waals surface area contributed by atoms with Crippen LogP contribution in [0, 0.1) is 29.5 Å². The molecule has 0 aromatic heterocycles. The van der Waals surface area contributed by atoms with E-state index >= 15 is 4.79 Å². The molecular formula is C45H36ClFN4O6. The largest absolute Gasteiger partial charge is 0.504 e. The van der Waals surface area contributed by atoms with Crippen LogP contribution in [0.1, 0.15) is 29.9 Å². The smallest absolute Gasteiger partial charge is 0.260 e. The standard InChI is InChI=1S/C45H36ClFN4O6/c1-57-37-9-5-8-34(40(37)52)39-32-22-23-33-38(43(55)50(41(33)53)31-20-18-29(19-21-31)48-28-6-3-2-4-7-28)35(32)24-36-42(54)51(49-30-16-14-27(47)15-17-30)44(56)45(36,39)25-10-12-26(46)13-11-25/h2-22,33,35-36,38-39,48-49,52H,23-24H2,1H3/t33-,35+,36-,38-,39+,45+/m0/s1. The number of nitrogens with zero attached hydrogens (tertiary/aromatic N) is 2. The highest BCUT2D eigenvalue weighted by Crippen LogP contribution is 2.65. The van der Waals surface area contributed by atoms with Crippen molar-refractivity contribution in [2.24, 2.45) is 23.7 Å². The van der Waals surface area contributed by atoms with E-state index in [4.69, 9.17) is 16.3 Å². The molecule has 9 rings (SSSR count). The first-order chi connectivity index (χ1) is 27.6. The molecule has 3 fully saturated rings. The number of hydrazine groups is 1. The highest BCUT2D eigenvalue weighted by Gasteiger charge is 2.70. The van der Waals surface area contributed by atoms with Gasteiger partial charge >= 0.3 is 0 Å². The molecule has 286 valence electrons. The highest BCUT2D eigenvalue weighted by molar-refractivity contribution is 6.30. The van der Waals surface area contributed by atoms with E-state index in [0.29, 0.717) is 33.1 Å². The second-order valence-corrected chi connectivity index (χ2v) is 15.3. The summed E-state index contributed by atoms with van der Waals surface area (Å²) in [7, 11) is 1.42. The van der Waals surface area contributed by atoms with Crippen LogP contribution < -0.4 is 20.4 Å². The number of carbonyl (C=O) groups excluding carboxylic acids is 4. The molecule has 0 radical (unpaired) electrons. The number of para-hydroxylation sites is 2. The molecule has 2 aliphatic heterocycles. The van der Waals surface area contributed by atoms with Crippen molar-refractivity contribution in [3.05, 3.63) is 155 Å². The number of methoxy groups -OCH3 is 1. The Kier molecular flexibility index (Phi) is 8.85. The van der Waals surface area contributed by atoms with Crippen molar-refractivity contribution < 1.29 is 33.4 Å². The Bertz CT molecular complexity index is 2460. The Morgan fingerprint density at radius 2 is 1.46 bits per heavy atom. The molecule has 4 amide bonds. The maximum Gasteiger partial charge on any atom is 0.260 e. The van der Waals surface area contributed by atoms with Crippen LogP contribution in [0.2, 0.25) is 5.02 Å². The molecule has 4 aliphatic rings. The van der Waals surface area contributed by atoms with E-state index < -0.39 is 58.5 Å². The fourth-order valence-electron chi connectivity index (χ4n) is 9.57. The van der Waals surface area contributed by atoms with Gasteiger partial charge in [-0.2, -0.15) is 5.01 Å². The topological polar surface area (TPSA) is 128 Å². The van der Waals surface area contributed by atoms with Gasteiger partial charge in [-0.1, -0.05) is 65.7 Å². The number of nitrogens with one attached hydrogen (secondary N) is 2. The van der Waals surface area contributed by atoms with Crippen molar-refractivity contribution in [1.29, 1.82) is 0 Å². The molecule has 12 heteroatoms. The Morgan fingerprint density at radius 3 is 2.16 bits per heavy atom. The predicted molar refractivity (Wildman–Crippen MR) is 212 cm³/mol. The van der Waals surface area contributed by atoms with Gasteiger partial charge in [-0.25, -0.2) is 4.39 Å². The normalized spacial score (nSPS) is 25.1. The summed E-state index contributed by atoms with van der Waals surface area (Å²) in [4.78, 5) is 60.4. The molecule has 5 aromatic rings. The van der Waals surface area contributed by atoms with E-state index in [1.807, 2.05) is 48.5 Å². The molecule has 0 bridgehead atoms. The number of aromatic hydroxyl groups is 1. The zero-order valence-electron chi connectivity index (χ0n) is 30.6. The number of halogens is 2. The lowest BCUT2D eigenvalue weighted by atomic mass is 9.49. The maximum atomic E-state index is 15.3. The molecule has 3 N–H and O–H groups in total. The highest BCUT2D eigenvalue weighted by atomic mass is 35.5. The molecule has 5 aromatic carbocycles. The van der Waals surface area contributed by atoms with E-state index in [1.165, 1.54) is 36.3 Å². The van der Waals surface area contributed by atoms with Crippen LogP contribution in [0.4, 0.5) is 27.1 Å². The number of rotatable bonds is 8. The van der Waals surface area contributed by atoms with Crippen molar-refractivity contribution in [3.8, 4) is 11.5 Å². The van der Waals surface area contributed by atoms with E-state index in [1.54, 1.807) is 54.6 Å². The average molecular weight is 783 g/mol. The minimum atomic E-state index is -1.65. The average Bonchev–Trinajstić information content (AvgIpc) is 3.60. The van der Waals surface area contributed by atoms with Gasteiger partial charge in [0.05, 0.1) is 41.7 Å².